The maximum atomic E-state index is 13.8. The van der Waals surface area contributed by atoms with Gasteiger partial charge in [-0.1, -0.05) is 68.7 Å². The van der Waals surface area contributed by atoms with Gasteiger partial charge in [0.25, 0.3) is 0 Å². The largest absolute Gasteiger partial charge is 0.495 e. The van der Waals surface area contributed by atoms with Crippen LogP contribution in [0.2, 0.25) is 0 Å². The fourth-order valence-corrected chi connectivity index (χ4v) is 5.53. The first-order valence-corrected chi connectivity index (χ1v) is 14.3. The van der Waals surface area contributed by atoms with E-state index in [4.69, 9.17) is 4.74 Å². The van der Waals surface area contributed by atoms with E-state index in [1.807, 2.05) is 37.3 Å². The van der Waals surface area contributed by atoms with E-state index >= 15 is 0 Å². The quantitative estimate of drug-likeness (QED) is 0.492. The van der Waals surface area contributed by atoms with Crippen molar-refractivity contribution in [2.75, 3.05) is 24.2 Å². The van der Waals surface area contributed by atoms with Crippen molar-refractivity contribution in [2.24, 2.45) is 0 Å². The normalized spacial score (nSPS) is 15.1. The highest BCUT2D eigenvalue weighted by molar-refractivity contribution is 7.92. The summed E-state index contributed by atoms with van der Waals surface area (Å²) in [6.07, 6.45) is 6.67. The van der Waals surface area contributed by atoms with E-state index in [1.165, 1.54) is 18.4 Å². The maximum Gasteiger partial charge on any atom is 0.244 e. The second kappa shape index (κ2) is 12.8. The van der Waals surface area contributed by atoms with Gasteiger partial charge < -0.3 is 15.0 Å². The Bertz CT molecular complexity index is 1120. The number of para-hydroxylation sites is 2. The first kappa shape index (κ1) is 27.5. The van der Waals surface area contributed by atoms with Crippen LogP contribution < -0.4 is 14.4 Å². The molecule has 0 heterocycles. The maximum absolute atomic E-state index is 13.8. The summed E-state index contributed by atoms with van der Waals surface area (Å²) in [5.41, 5.74) is 1.13. The molecule has 1 aliphatic rings. The van der Waals surface area contributed by atoms with Crippen LogP contribution in [0, 0.1) is 0 Å². The molecule has 0 spiro atoms. The van der Waals surface area contributed by atoms with Gasteiger partial charge in [-0.15, -0.1) is 0 Å². The van der Waals surface area contributed by atoms with E-state index < -0.39 is 28.5 Å². The van der Waals surface area contributed by atoms with Crippen LogP contribution in [-0.2, 0) is 26.2 Å². The fourth-order valence-electron chi connectivity index (χ4n) is 4.67. The molecule has 1 atom stereocenters. The Morgan fingerprint density at radius 3 is 2.28 bits per heavy atom. The molecule has 0 radical (unpaired) electrons. The van der Waals surface area contributed by atoms with Gasteiger partial charge in [0.2, 0.25) is 21.8 Å². The molecule has 1 N–H and O–H groups in total. The van der Waals surface area contributed by atoms with Crippen LogP contribution in [-0.4, -0.2) is 57.1 Å². The van der Waals surface area contributed by atoms with Gasteiger partial charge >= 0.3 is 0 Å². The molecule has 1 saturated carbocycles. The summed E-state index contributed by atoms with van der Waals surface area (Å²) in [6.45, 7) is 1.62. The first-order chi connectivity index (χ1) is 17.2. The molecule has 2 aromatic carbocycles. The second-order valence-electron chi connectivity index (χ2n) is 9.22. The number of carbonyl (C=O) groups excluding carboxylic acids is 2. The summed E-state index contributed by atoms with van der Waals surface area (Å²) >= 11 is 0. The van der Waals surface area contributed by atoms with Crippen molar-refractivity contribution in [3.05, 3.63) is 60.2 Å². The number of hydrogen-bond donors (Lipinski definition) is 1. The number of amides is 2. The lowest BCUT2D eigenvalue weighted by Crippen LogP contribution is -2.54. The number of rotatable bonds is 11. The van der Waals surface area contributed by atoms with Gasteiger partial charge in [0.15, 0.2) is 0 Å². The second-order valence-corrected chi connectivity index (χ2v) is 11.1. The minimum absolute atomic E-state index is 0.107. The zero-order chi connectivity index (χ0) is 26.1. The third-order valence-electron chi connectivity index (χ3n) is 6.57. The van der Waals surface area contributed by atoms with E-state index in [0.717, 1.165) is 41.8 Å². The number of sulfonamides is 1. The first-order valence-electron chi connectivity index (χ1n) is 12.5. The van der Waals surface area contributed by atoms with Crippen LogP contribution in [0.25, 0.3) is 0 Å². The minimum Gasteiger partial charge on any atom is -0.495 e. The van der Waals surface area contributed by atoms with E-state index in [1.54, 1.807) is 24.3 Å². The SMILES string of the molecule is CCC(C(=O)NC1CCCCC1)N(Cc1ccccc1)C(=O)CN(c1ccccc1OC)S(C)(=O)=O. The zero-order valence-corrected chi connectivity index (χ0v) is 22.2. The highest BCUT2D eigenvalue weighted by Crippen LogP contribution is 2.30. The number of nitrogens with zero attached hydrogens (tertiary/aromatic N) is 2. The standard InChI is InChI=1S/C27H37N3O5S/c1-4-23(27(32)28-22-15-9-6-10-16-22)29(19-21-13-7-5-8-14-21)26(31)20-30(36(3,33)34)24-17-11-12-18-25(24)35-2/h5,7-8,11-14,17-18,22-23H,4,6,9-10,15-16,19-20H2,1-3H3,(H,28,32). The molecular formula is C27H37N3O5S. The number of methoxy groups -OCH3 is 1. The van der Waals surface area contributed by atoms with Crippen LogP contribution in [0.1, 0.15) is 51.0 Å². The smallest absolute Gasteiger partial charge is 0.244 e. The predicted molar refractivity (Wildman–Crippen MR) is 141 cm³/mol. The van der Waals surface area contributed by atoms with Crippen LogP contribution in [0.5, 0.6) is 5.75 Å². The van der Waals surface area contributed by atoms with Crippen molar-refractivity contribution in [1.29, 1.82) is 0 Å². The molecule has 0 bridgehead atoms. The molecule has 0 saturated heterocycles. The highest BCUT2D eigenvalue weighted by Gasteiger charge is 2.33. The Balaban J connectivity index is 1.91. The van der Waals surface area contributed by atoms with Crippen LogP contribution in [0.15, 0.2) is 54.6 Å². The fraction of sp³-hybridized carbons (Fsp3) is 0.481. The Kier molecular flexibility index (Phi) is 9.75. The van der Waals surface area contributed by atoms with Crippen molar-refractivity contribution in [2.45, 2.75) is 64.1 Å². The van der Waals surface area contributed by atoms with Crippen LogP contribution >= 0.6 is 0 Å². The third-order valence-corrected chi connectivity index (χ3v) is 7.69. The summed E-state index contributed by atoms with van der Waals surface area (Å²) in [7, 11) is -2.37. The number of benzene rings is 2. The predicted octanol–water partition coefficient (Wildman–Crippen LogP) is 3.72. The average molecular weight is 516 g/mol. The topological polar surface area (TPSA) is 96.0 Å². The van der Waals surface area contributed by atoms with Gasteiger partial charge in [-0.25, -0.2) is 8.42 Å². The molecule has 8 nitrogen and oxygen atoms in total. The number of hydrogen-bond acceptors (Lipinski definition) is 5. The van der Waals surface area contributed by atoms with Crippen molar-refractivity contribution >= 4 is 27.5 Å². The summed E-state index contributed by atoms with van der Waals surface area (Å²) in [5, 5.41) is 3.14. The molecule has 196 valence electrons. The van der Waals surface area contributed by atoms with Crippen molar-refractivity contribution in [1.82, 2.24) is 10.2 Å². The van der Waals surface area contributed by atoms with Gasteiger partial charge in [-0.3, -0.25) is 13.9 Å². The molecule has 2 amide bonds. The van der Waals surface area contributed by atoms with E-state index in [9.17, 15) is 18.0 Å². The number of anilines is 1. The highest BCUT2D eigenvalue weighted by atomic mass is 32.2. The molecular weight excluding hydrogens is 478 g/mol. The molecule has 3 rings (SSSR count). The molecule has 9 heteroatoms. The number of ether oxygens (including phenoxy) is 1. The molecule has 1 unspecified atom stereocenters. The summed E-state index contributed by atoms with van der Waals surface area (Å²) in [5.74, 6) is -0.315. The number of carbonyl (C=O) groups is 2. The molecule has 1 fully saturated rings. The number of nitrogens with one attached hydrogen (secondary N) is 1. The van der Waals surface area contributed by atoms with E-state index in [-0.39, 0.29) is 24.2 Å². The Morgan fingerprint density at radius 1 is 1.03 bits per heavy atom. The van der Waals surface area contributed by atoms with Gasteiger partial charge in [0.1, 0.15) is 18.3 Å². The Morgan fingerprint density at radius 2 is 1.67 bits per heavy atom. The molecule has 1 aliphatic carbocycles. The Labute approximate surface area is 214 Å². The lowest BCUT2D eigenvalue weighted by atomic mass is 9.95. The lowest BCUT2D eigenvalue weighted by Gasteiger charge is -2.34. The monoisotopic (exact) mass is 515 g/mol. The molecule has 0 aromatic heterocycles. The van der Waals surface area contributed by atoms with Gasteiger partial charge in [0, 0.05) is 12.6 Å². The van der Waals surface area contributed by atoms with E-state index in [2.05, 4.69) is 5.32 Å². The van der Waals surface area contributed by atoms with Gasteiger partial charge in [-0.05, 0) is 37.0 Å². The van der Waals surface area contributed by atoms with Crippen molar-refractivity contribution < 1.29 is 22.7 Å². The van der Waals surface area contributed by atoms with Gasteiger partial charge in [-0.2, -0.15) is 0 Å². The molecule has 0 aliphatic heterocycles. The van der Waals surface area contributed by atoms with Crippen molar-refractivity contribution in [3.8, 4) is 5.75 Å². The van der Waals surface area contributed by atoms with Gasteiger partial charge in [0.05, 0.1) is 19.1 Å². The zero-order valence-electron chi connectivity index (χ0n) is 21.4. The summed E-state index contributed by atoms with van der Waals surface area (Å²) < 4.78 is 31.9. The molecule has 2 aromatic rings. The van der Waals surface area contributed by atoms with Crippen molar-refractivity contribution in [3.63, 3.8) is 0 Å². The average Bonchev–Trinajstić information content (AvgIpc) is 2.87. The van der Waals surface area contributed by atoms with E-state index in [0.29, 0.717) is 12.2 Å². The third kappa shape index (κ3) is 7.22. The lowest BCUT2D eigenvalue weighted by molar-refractivity contribution is -0.140. The van der Waals surface area contributed by atoms with Crippen LogP contribution in [0.4, 0.5) is 5.69 Å². The Hall–Kier alpha value is -3.07. The summed E-state index contributed by atoms with van der Waals surface area (Å²) in [4.78, 5) is 28.6. The van der Waals surface area contributed by atoms with Crippen LogP contribution in [0.3, 0.4) is 0 Å². The minimum atomic E-state index is -3.82. The summed E-state index contributed by atoms with van der Waals surface area (Å²) in [6, 6.07) is 15.5. The molecule has 36 heavy (non-hydrogen) atoms.